The number of nitrogens with zero attached hydrogens (tertiary/aromatic N) is 7. The van der Waals surface area contributed by atoms with Gasteiger partial charge in [0.25, 0.3) is 11.6 Å². The fraction of sp³-hybridized carbons (Fsp3) is 0.273. The van der Waals surface area contributed by atoms with Gasteiger partial charge >= 0.3 is 5.97 Å². The van der Waals surface area contributed by atoms with Crippen LogP contribution in [0, 0.1) is 10.1 Å². The molecule has 2 heterocycles. The highest BCUT2D eigenvalue weighted by molar-refractivity contribution is 6.01. The van der Waals surface area contributed by atoms with E-state index in [1.54, 1.807) is 35.2 Å². The average molecular weight is 494 g/mol. The number of nitrogens with one attached hydrogen (secondary N) is 1. The number of aromatic nitrogens is 4. The molecule has 0 radical (unpaired) electrons. The predicted octanol–water partition coefficient (Wildman–Crippen LogP) is 0.726. The molecule has 3 aromatic rings. The number of nitro benzene ring substituents is 1. The molecule has 1 N–H and O–H groups in total. The van der Waals surface area contributed by atoms with Crippen molar-refractivity contribution in [2.24, 2.45) is 0 Å². The third-order valence-corrected chi connectivity index (χ3v) is 5.50. The molecule has 14 heteroatoms. The molecule has 186 valence electrons. The highest BCUT2D eigenvalue weighted by atomic mass is 16.6. The number of ether oxygens (including phenoxy) is 1. The fourth-order valence-electron chi connectivity index (χ4n) is 3.66. The zero-order valence-corrected chi connectivity index (χ0v) is 19.0. The van der Waals surface area contributed by atoms with E-state index in [0.717, 1.165) is 5.69 Å². The molecule has 0 atom stereocenters. The lowest BCUT2D eigenvalue weighted by Crippen LogP contribution is -2.49. The number of rotatable bonds is 8. The van der Waals surface area contributed by atoms with Gasteiger partial charge in [0.1, 0.15) is 12.9 Å². The lowest BCUT2D eigenvalue weighted by molar-refractivity contribution is -0.384. The maximum atomic E-state index is 12.6. The van der Waals surface area contributed by atoms with E-state index in [0.29, 0.717) is 26.2 Å². The Kier molecular flexibility index (Phi) is 7.43. The first kappa shape index (κ1) is 24.3. The van der Waals surface area contributed by atoms with Gasteiger partial charge in [-0.1, -0.05) is 12.1 Å². The van der Waals surface area contributed by atoms with Gasteiger partial charge in [0.15, 0.2) is 6.61 Å². The summed E-state index contributed by atoms with van der Waals surface area (Å²) >= 11 is 0. The van der Waals surface area contributed by atoms with Crippen LogP contribution in [0.5, 0.6) is 0 Å². The first-order chi connectivity index (χ1) is 17.4. The molecule has 1 fully saturated rings. The number of nitro groups is 1. The Bertz CT molecular complexity index is 1240. The van der Waals surface area contributed by atoms with Crippen LogP contribution < -0.4 is 10.2 Å². The van der Waals surface area contributed by atoms with Crippen molar-refractivity contribution in [2.45, 2.75) is 6.54 Å². The Labute approximate surface area is 204 Å². The Morgan fingerprint density at radius 3 is 2.42 bits per heavy atom. The van der Waals surface area contributed by atoms with E-state index in [9.17, 15) is 24.5 Å². The zero-order valence-electron chi connectivity index (χ0n) is 19.0. The molecule has 1 aromatic heterocycles. The van der Waals surface area contributed by atoms with Crippen LogP contribution in [-0.2, 0) is 20.9 Å². The molecule has 2 amide bonds. The Hall–Kier alpha value is -4.88. The van der Waals surface area contributed by atoms with Crippen molar-refractivity contribution in [3.05, 3.63) is 70.5 Å². The second-order valence-electron chi connectivity index (χ2n) is 7.82. The van der Waals surface area contributed by atoms with Gasteiger partial charge in [-0.25, -0.2) is 9.48 Å². The number of hydrogen-bond donors (Lipinski definition) is 1. The van der Waals surface area contributed by atoms with Gasteiger partial charge < -0.3 is 19.9 Å². The normalized spacial score (nSPS) is 13.2. The molecule has 2 aromatic carbocycles. The van der Waals surface area contributed by atoms with Crippen LogP contribution in [-0.4, -0.2) is 80.6 Å². The number of piperazine rings is 1. The summed E-state index contributed by atoms with van der Waals surface area (Å²) in [6.45, 7) is 1.32. The summed E-state index contributed by atoms with van der Waals surface area (Å²) in [4.78, 5) is 51.4. The zero-order chi connectivity index (χ0) is 25.5. The quantitative estimate of drug-likeness (QED) is 0.268. The number of para-hydroxylation sites is 1. The number of benzene rings is 2. The highest BCUT2D eigenvalue weighted by Gasteiger charge is 2.23. The smallest absolute Gasteiger partial charge is 0.340 e. The maximum Gasteiger partial charge on any atom is 0.340 e. The molecule has 0 bridgehead atoms. The topological polar surface area (TPSA) is 166 Å². The van der Waals surface area contributed by atoms with E-state index in [4.69, 9.17) is 4.74 Å². The van der Waals surface area contributed by atoms with Crippen molar-refractivity contribution in [2.75, 3.05) is 43.0 Å². The van der Waals surface area contributed by atoms with Gasteiger partial charge in [-0.3, -0.25) is 19.7 Å². The van der Waals surface area contributed by atoms with E-state index in [2.05, 4.69) is 20.8 Å². The van der Waals surface area contributed by atoms with Gasteiger partial charge in [0, 0.05) is 44.0 Å². The van der Waals surface area contributed by atoms with Crippen molar-refractivity contribution < 1.29 is 24.0 Å². The van der Waals surface area contributed by atoms with Crippen LogP contribution in [0.3, 0.4) is 0 Å². The number of non-ortho nitro benzene ring substituents is 1. The number of esters is 1. The van der Waals surface area contributed by atoms with Gasteiger partial charge in [-0.05, 0) is 34.7 Å². The lowest BCUT2D eigenvalue weighted by Gasteiger charge is -2.36. The van der Waals surface area contributed by atoms with E-state index in [1.165, 1.54) is 29.2 Å². The van der Waals surface area contributed by atoms with Crippen LogP contribution in [0.2, 0.25) is 0 Å². The molecule has 36 heavy (non-hydrogen) atoms. The number of amides is 2. The summed E-state index contributed by atoms with van der Waals surface area (Å²) < 4.78 is 6.45. The number of anilines is 2. The minimum absolute atomic E-state index is 0.0167. The molecule has 1 saturated heterocycles. The Balaban J connectivity index is 1.27. The highest BCUT2D eigenvalue weighted by Crippen LogP contribution is 2.21. The fourth-order valence-corrected chi connectivity index (χ4v) is 3.66. The number of carbonyl (C=O) groups excluding carboxylic acids is 3. The van der Waals surface area contributed by atoms with E-state index in [-0.39, 0.29) is 29.4 Å². The standard InChI is InChI=1S/C22H22N8O6/c31-20(13-29-15-23-25-26-29)24-19-4-2-1-3-18(19)22(33)36-14-21(32)28-11-9-27(10-12-28)16-5-7-17(8-6-16)30(34)35/h1-8,15H,9-14H2,(H,24,31). The number of carbonyl (C=O) groups is 3. The lowest BCUT2D eigenvalue weighted by atomic mass is 10.2. The van der Waals surface area contributed by atoms with Crippen molar-refractivity contribution >= 4 is 34.8 Å². The van der Waals surface area contributed by atoms with Gasteiger partial charge in [0.05, 0.1) is 16.2 Å². The van der Waals surface area contributed by atoms with Crippen LogP contribution in [0.25, 0.3) is 0 Å². The average Bonchev–Trinajstić information content (AvgIpc) is 3.40. The molecule has 0 aliphatic carbocycles. The number of hydrogen-bond acceptors (Lipinski definition) is 10. The third kappa shape index (κ3) is 5.97. The minimum Gasteiger partial charge on any atom is -0.452 e. The van der Waals surface area contributed by atoms with Crippen LogP contribution in [0.1, 0.15) is 10.4 Å². The summed E-state index contributed by atoms with van der Waals surface area (Å²) in [5, 5.41) is 24.0. The van der Waals surface area contributed by atoms with E-state index >= 15 is 0 Å². The predicted molar refractivity (Wildman–Crippen MR) is 125 cm³/mol. The van der Waals surface area contributed by atoms with Gasteiger partial charge in [0.2, 0.25) is 5.91 Å². The van der Waals surface area contributed by atoms with Gasteiger partial charge in [-0.15, -0.1) is 5.10 Å². The molecular formula is C22H22N8O6. The summed E-state index contributed by atoms with van der Waals surface area (Å²) in [7, 11) is 0. The van der Waals surface area contributed by atoms with Crippen LogP contribution in [0.15, 0.2) is 54.9 Å². The number of tetrazole rings is 1. The molecule has 1 aliphatic heterocycles. The summed E-state index contributed by atoms with van der Waals surface area (Å²) in [6, 6.07) is 12.5. The molecule has 14 nitrogen and oxygen atoms in total. The molecule has 4 rings (SSSR count). The Morgan fingerprint density at radius 2 is 1.75 bits per heavy atom. The molecule has 0 saturated carbocycles. The summed E-state index contributed by atoms with van der Waals surface area (Å²) in [6.07, 6.45) is 1.29. The Morgan fingerprint density at radius 1 is 1.03 bits per heavy atom. The maximum absolute atomic E-state index is 12.6. The molecule has 1 aliphatic rings. The van der Waals surface area contributed by atoms with E-state index in [1.807, 2.05) is 4.90 Å². The minimum atomic E-state index is -0.744. The monoisotopic (exact) mass is 494 g/mol. The summed E-state index contributed by atoms with van der Waals surface area (Å²) in [5.74, 6) is -1.53. The van der Waals surface area contributed by atoms with Crippen molar-refractivity contribution in [1.82, 2.24) is 25.1 Å². The van der Waals surface area contributed by atoms with Gasteiger partial charge in [-0.2, -0.15) is 0 Å². The van der Waals surface area contributed by atoms with Crippen LogP contribution >= 0.6 is 0 Å². The largest absolute Gasteiger partial charge is 0.452 e. The molecular weight excluding hydrogens is 472 g/mol. The second kappa shape index (κ2) is 11.0. The van der Waals surface area contributed by atoms with E-state index < -0.39 is 23.4 Å². The second-order valence-corrected chi connectivity index (χ2v) is 7.82. The third-order valence-electron chi connectivity index (χ3n) is 5.50. The first-order valence-electron chi connectivity index (χ1n) is 10.9. The van der Waals surface area contributed by atoms with Crippen molar-refractivity contribution in [3.8, 4) is 0 Å². The van der Waals surface area contributed by atoms with Crippen molar-refractivity contribution in [1.29, 1.82) is 0 Å². The molecule has 0 spiro atoms. The first-order valence-corrected chi connectivity index (χ1v) is 10.9. The molecule has 0 unspecified atom stereocenters. The SMILES string of the molecule is O=C(Cn1cnnn1)Nc1ccccc1C(=O)OCC(=O)N1CCN(c2ccc([N+](=O)[O-])cc2)CC1. The summed E-state index contributed by atoms with van der Waals surface area (Å²) in [5.41, 5.74) is 1.20. The van der Waals surface area contributed by atoms with Crippen molar-refractivity contribution in [3.63, 3.8) is 0 Å². The van der Waals surface area contributed by atoms with Crippen LogP contribution in [0.4, 0.5) is 17.1 Å².